The summed E-state index contributed by atoms with van der Waals surface area (Å²) in [5, 5.41) is 1.62. The molecule has 178 valence electrons. The van der Waals surface area contributed by atoms with Gasteiger partial charge in [-0.2, -0.15) is 0 Å². The molecule has 7 nitrogen and oxygen atoms in total. The molecule has 2 amide bonds. The third kappa shape index (κ3) is 4.37. The monoisotopic (exact) mass is 468 g/mol. The highest BCUT2D eigenvalue weighted by Gasteiger charge is 2.31. The Balaban J connectivity index is 1.50. The Bertz CT molecular complexity index is 1360. The van der Waals surface area contributed by atoms with Gasteiger partial charge in [0.15, 0.2) is 0 Å². The van der Waals surface area contributed by atoms with Gasteiger partial charge in [0.2, 0.25) is 0 Å². The molecule has 0 bridgehead atoms. The van der Waals surface area contributed by atoms with Crippen LogP contribution in [-0.2, 0) is 19.6 Å². The summed E-state index contributed by atoms with van der Waals surface area (Å²) in [6.45, 7) is 2.13. The Morgan fingerprint density at radius 3 is 2.46 bits per heavy atom. The number of ether oxygens (including phenoxy) is 1. The molecule has 0 radical (unpaired) electrons. The lowest BCUT2D eigenvalue weighted by Gasteiger charge is -2.20. The van der Waals surface area contributed by atoms with Crippen molar-refractivity contribution in [1.29, 1.82) is 0 Å². The Hall–Kier alpha value is -4.13. The molecule has 7 heteroatoms. The van der Waals surface area contributed by atoms with Gasteiger partial charge in [0.05, 0.1) is 19.3 Å². The maximum absolute atomic E-state index is 13.8. The van der Waals surface area contributed by atoms with Crippen LogP contribution in [0.15, 0.2) is 72.9 Å². The highest BCUT2D eigenvalue weighted by Crippen LogP contribution is 2.31. The van der Waals surface area contributed by atoms with Crippen molar-refractivity contribution in [2.45, 2.75) is 26.1 Å². The van der Waals surface area contributed by atoms with E-state index in [1.54, 1.807) is 25.3 Å². The summed E-state index contributed by atoms with van der Waals surface area (Å²) in [6.07, 6.45) is 2.49. The van der Waals surface area contributed by atoms with Gasteiger partial charge < -0.3 is 19.1 Å². The van der Waals surface area contributed by atoms with E-state index in [0.717, 1.165) is 34.2 Å². The molecular weight excluding hydrogens is 440 g/mol. The number of carbonyl (C=O) groups excluding carboxylic acids is 2. The lowest BCUT2D eigenvalue weighted by atomic mass is 10.1. The van der Waals surface area contributed by atoms with Gasteiger partial charge in [0.25, 0.3) is 11.8 Å². The lowest BCUT2D eigenvalue weighted by molar-refractivity contribution is 0.0747. The highest BCUT2D eigenvalue weighted by atomic mass is 16.5. The molecule has 0 atom stereocenters. The molecule has 0 saturated carbocycles. The predicted octanol–water partition coefficient (Wildman–Crippen LogP) is 4.36. The minimum absolute atomic E-state index is 0.0547. The summed E-state index contributed by atoms with van der Waals surface area (Å²) in [7, 11) is 3.42. The first kappa shape index (κ1) is 22.7. The molecule has 2 aromatic carbocycles. The molecule has 3 heterocycles. The average Bonchev–Trinajstić information content (AvgIpc) is 3.13. The van der Waals surface area contributed by atoms with Crippen LogP contribution in [-0.4, -0.2) is 51.9 Å². The lowest BCUT2D eigenvalue weighted by Crippen LogP contribution is -2.31. The van der Waals surface area contributed by atoms with E-state index in [0.29, 0.717) is 37.6 Å². The molecule has 0 N–H and O–H groups in total. The predicted molar refractivity (Wildman–Crippen MR) is 134 cm³/mol. The molecule has 4 aromatic rings. The van der Waals surface area contributed by atoms with E-state index < -0.39 is 0 Å². The Morgan fingerprint density at radius 2 is 1.74 bits per heavy atom. The van der Waals surface area contributed by atoms with E-state index >= 15 is 0 Å². The number of methoxy groups -OCH3 is 1. The maximum Gasteiger partial charge on any atom is 0.271 e. The fourth-order valence-corrected chi connectivity index (χ4v) is 4.74. The van der Waals surface area contributed by atoms with Gasteiger partial charge in [-0.25, -0.2) is 0 Å². The minimum atomic E-state index is -0.116. The SMILES string of the molecule is COc1ccc(CN2CCCn3c(C(=O)N(C)Cc4ccccn4)c4ccccc4c3C2=O)cc1. The van der Waals surface area contributed by atoms with E-state index in [-0.39, 0.29) is 11.8 Å². The molecule has 1 aliphatic heterocycles. The minimum Gasteiger partial charge on any atom is -0.497 e. The van der Waals surface area contributed by atoms with Crippen LogP contribution in [0.3, 0.4) is 0 Å². The zero-order valence-corrected chi connectivity index (χ0v) is 20.0. The van der Waals surface area contributed by atoms with Crippen LogP contribution in [0.4, 0.5) is 0 Å². The number of benzene rings is 2. The van der Waals surface area contributed by atoms with Crippen molar-refractivity contribution in [2.24, 2.45) is 0 Å². The second kappa shape index (κ2) is 9.62. The summed E-state index contributed by atoms with van der Waals surface area (Å²) in [6, 6.07) is 21.1. The third-order valence-electron chi connectivity index (χ3n) is 6.48. The second-order valence-electron chi connectivity index (χ2n) is 8.81. The number of amides is 2. The van der Waals surface area contributed by atoms with Crippen molar-refractivity contribution in [3.8, 4) is 5.75 Å². The largest absolute Gasteiger partial charge is 0.497 e. The fourth-order valence-electron chi connectivity index (χ4n) is 4.74. The summed E-state index contributed by atoms with van der Waals surface area (Å²) in [4.78, 5) is 35.4. The quantitative estimate of drug-likeness (QED) is 0.422. The molecule has 35 heavy (non-hydrogen) atoms. The normalized spacial score (nSPS) is 13.4. The van der Waals surface area contributed by atoms with Crippen molar-refractivity contribution >= 4 is 22.6 Å². The van der Waals surface area contributed by atoms with Gasteiger partial charge in [-0.15, -0.1) is 0 Å². The van der Waals surface area contributed by atoms with Crippen molar-refractivity contribution < 1.29 is 14.3 Å². The maximum atomic E-state index is 13.8. The number of rotatable bonds is 6. The van der Waals surface area contributed by atoms with E-state index in [4.69, 9.17) is 4.74 Å². The van der Waals surface area contributed by atoms with Crippen LogP contribution in [0.1, 0.15) is 38.7 Å². The molecule has 1 aliphatic rings. The van der Waals surface area contributed by atoms with E-state index in [1.165, 1.54) is 0 Å². The first-order valence-electron chi connectivity index (χ1n) is 11.8. The molecule has 0 aliphatic carbocycles. The van der Waals surface area contributed by atoms with Crippen LogP contribution in [0, 0.1) is 0 Å². The van der Waals surface area contributed by atoms with Crippen LogP contribution >= 0.6 is 0 Å². The first-order valence-corrected chi connectivity index (χ1v) is 11.8. The Kier molecular flexibility index (Phi) is 6.23. The molecule has 0 saturated heterocycles. The molecule has 0 unspecified atom stereocenters. The van der Waals surface area contributed by atoms with Crippen LogP contribution in [0.2, 0.25) is 0 Å². The molecule has 2 aromatic heterocycles. The number of aromatic nitrogens is 2. The van der Waals surface area contributed by atoms with Gasteiger partial charge in [0, 0.05) is 43.7 Å². The van der Waals surface area contributed by atoms with Crippen molar-refractivity contribution in [2.75, 3.05) is 20.7 Å². The van der Waals surface area contributed by atoms with Crippen molar-refractivity contribution in [3.63, 3.8) is 0 Å². The summed E-state index contributed by atoms with van der Waals surface area (Å²) in [5.41, 5.74) is 3.00. The second-order valence-corrected chi connectivity index (χ2v) is 8.81. The van der Waals surface area contributed by atoms with Gasteiger partial charge in [-0.05, 0) is 36.2 Å². The van der Waals surface area contributed by atoms with Crippen molar-refractivity contribution in [3.05, 3.63) is 95.6 Å². The topological polar surface area (TPSA) is 67.7 Å². The molecular formula is C28H28N4O3. The van der Waals surface area contributed by atoms with Gasteiger partial charge in [0.1, 0.15) is 17.1 Å². The summed E-state index contributed by atoms with van der Waals surface area (Å²) < 4.78 is 7.18. The van der Waals surface area contributed by atoms with E-state index in [2.05, 4.69) is 4.98 Å². The number of hydrogen-bond donors (Lipinski definition) is 0. The van der Waals surface area contributed by atoms with Gasteiger partial charge in [-0.1, -0.05) is 42.5 Å². The van der Waals surface area contributed by atoms with E-state index in [9.17, 15) is 9.59 Å². The average molecular weight is 469 g/mol. The summed E-state index contributed by atoms with van der Waals surface area (Å²) in [5.74, 6) is 0.615. The number of nitrogens with zero attached hydrogens (tertiary/aromatic N) is 4. The summed E-state index contributed by atoms with van der Waals surface area (Å²) >= 11 is 0. The van der Waals surface area contributed by atoms with Crippen LogP contribution in [0.25, 0.3) is 10.8 Å². The highest BCUT2D eigenvalue weighted by molar-refractivity contribution is 6.14. The van der Waals surface area contributed by atoms with Crippen molar-refractivity contribution in [1.82, 2.24) is 19.4 Å². The van der Waals surface area contributed by atoms with Crippen LogP contribution < -0.4 is 4.74 Å². The third-order valence-corrected chi connectivity index (χ3v) is 6.48. The smallest absolute Gasteiger partial charge is 0.271 e. The standard InChI is InChI=1S/C28H28N4O3/c1-30(19-21-8-5-6-15-29-21)27(33)25-23-9-3-4-10-24(23)26-28(34)31(16-7-17-32(25)26)18-20-11-13-22(35-2)14-12-20/h3-6,8-15H,7,16-19H2,1-2H3. The molecule has 0 fully saturated rings. The Morgan fingerprint density at radius 1 is 1.00 bits per heavy atom. The number of pyridine rings is 1. The van der Waals surface area contributed by atoms with Gasteiger partial charge >= 0.3 is 0 Å². The number of carbonyl (C=O) groups is 2. The zero-order chi connectivity index (χ0) is 24.4. The van der Waals surface area contributed by atoms with E-state index in [1.807, 2.05) is 76.2 Å². The van der Waals surface area contributed by atoms with Gasteiger partial charge in [-0.3, -0.25) is 14.6 Å². The number of hydrogen-bond acceptors (Lipinski definition) is 4. The Labute approximate surface area is 204 Å². The zero-order valence-electron chi connectivity index (χ0n) is 20.0. The van der Waals surface area contributed by atoms with Crippen LogP contribution in [0.5, 0.6) is 5.75 Å². The fraction of sp³-hybridized carbons (Fsp3) is 0.250. The first-order chi connectivity index (χ1) is 17.1. The molecule has 0 spiro atoms. The number of fused-ring (bicyclic) bond motifs is 3. The molecule has 5 rings (SSSR count).